The van der Waals surface area contributed by atoms with Crippen LogP contribution in [-0.4, -0.2) is 19.6 Å². The first kappa shape index (κ1) is 18.1. The minimum atomic E-state index is 0.650. The van der Waals surface area contributed by atoms with E-state index < -0.39 is 0 Å². The number of nitrogens with zero attached hydrogens (tertiary/aromatic N) is 4. The van der Waals surface area contributed by atoms with Crippen LogP contribution in [0.5, 0.6) is 0 Å². The second-order valence-corrected chi connectivity index (χ2v) is 8.07. The highest BCUT2D eigenvalue weighted by Crippen LogP contribution is 2.30. The molecule has 1 aliphatic carbocycles. The van der Waals surface area contributed by atoms with Crippen LogP contribution in [0.25, 0.3) is 5.78 Å². The number of aryl methyl sites for hydroxylation is 2. The molecule has 1 aliphatic rings. The van der Waals surface area contributed by atoms with Crippen molar-refractivity contribution in [3.05, 3.63) is 81.8 Å². The van der Waals surface area contributed by atoms with Gasteiger partial charge in [-0.2, -0.15) is 9.50 Å². The fraction of sp³-hybridized carbons (Fsp3) is 0.261. The normalized spacial score (nSPS) is 13.4. The summed E-state index contributed by atoms with van der Waals surface area (Å²) in [6.07, 6.45) is 4.99. The fourth-order valence-corrected chi connectivity index (χ4v) is 4.07. The van der Waals surface area contributed by atoms with E-state index in [0.717, 1.165) is 48.7 Å². The summed E-state index contributed by atoms with van der Waals surface area (Å²) >= 11 is 6.19. The van der Waals surface area contributed by atoms with Crippen LogP contribution in [0.15, 0.2) is 48.5 Å². The van der Waals surface area contributed by atoms with E-state index in [4.69, 9.17) is 26.7 Å². The van der Waals surface area contributed by atoms with Gasteiger partial charge in [0.1, 0.15) is 5.82 Å². The first-order valence-corrected chi connectivity index (χ1v) is 10.4. The molecule has 0 fully saturated rings. The van der Waals surface area contributed by atoms with Gasteiger partial charge in [-0.1, -0.05) is 47.5 Å². The number of benzene rings is 2. The van der Waals surface area contributed by atoms with E-state index in [1.165, 1.54) is 16.7 Å². The van der Waals surface area contributed by atoms with Gasteiger partial charge in [0.25, 0.3) is 5.78 Å². The predicted molar refractivity (Wildman–Crippen MR) is 116 cm³/mol. The first-order chi connectivity index (χ1) is 14.2. The number of anilines is 2. The van der Waals surface area contributed by atoms with Gasteiger partial charge in [0, 0.05) is 22.7 Å². The highest BCUT2D eigenvalue weighted by Gasteiger charge is 2.21. The van der Waals surface area contributed by atoms with Crippen LogP contribution in [0.1, 0.15) is 41.1 Å². The molecule has 2 aromatic carbocycles. The predicted octanol–water partition coefficient (Wildman–Crippen LogP) is 5.30. The molecule has 0 radical (unpaired) electrons. The Balaban J connectivity index is 1.59. The highest BCUT2D eigenvalue weighted by molar-refractivity contribution is 6.30. The number of fused-ring (bicyclic) bond motifs is 2. The van der Waals surface area contributed by atoms with Gasteiger partial charge >= 0.3 is 0 Å². The third-order valence-corrected chi connectivity index (χ3v) is 5.61. The largest absolute Gasteiger partial charge is 0.340 e. The summed E-state index contributed by atoms with van der Waals surface area (Å²) in [5.41, 5.74) is 5.74. The second-order valence-electron chi connectivity index (χ2n) is 7.63. The van der Waals surface area contributed by atoms with Crippen molar-refractivity contribution in [1.29, 1.82) is 0 Å². The van der Waals surface area contributed by atoms with Crippen molar-refractivity contribution in [3.8, 4) is 0 Å². The molecule has 0 amide bonds. The van der Waals surface area contributed by atoms with Crippen LogP contribution in [0, 0.1) is 6.92 Å². The lowest BCUT2D eigenvalue weighted by molar-refractivity contribution is 0.662. The summed E-state index contributed by atoms with van der Waals surface area (Å²) in [6, 6.07) is 16.3. The highest BCUT2D eigenvalue weighted by atomic mass is 35.5. The van der Waals surface area contributed by atoms with Gasteiger partial charge in [0.15, 0.2) is 5.82 Å². The summed E-state index contributed by atoms with van der Waals surface area (Å²) < 4.78 is 1.86. The lowest BCUT2D eigenvalue weighted by atomic mass is 9.96. The van der Waals surface area contributed by atoms with E-state index in [-0.39, 0.29) is 0 Å². The molecule has 0 bridgehead atoms. The Hall–Kier alpha value is -2.92. The molecule has 0 saturated heterocycles. The summed E-state index contributed by atoms with van der Waals surface area (Å²) in [7, 11) is 0. The fourth-order valence-electron chi connectivity index (χ4n) is 3.88. The second kappa shape index (κ2) is 7.48. The Morgan fingerprint density at radius 3 is 2.69 bits per heavy atom. The monoisotopic (exact) mass is 403 g/mol. The van der Waals surface area contributed by atoms with Crippen molar-refractivity contribution in [2.24, 2.45) is 0 Å². The maximum atomic E-state index is 6.19. The molecule has 0 atom stereocenters. The minimum Gasteiger partial charge on any atom is -0.340 e. The third kappa shape index (κ3) is 3.70. The Morgan fingerprint density at radius 1 is 1.03 bits per heavy atom. The molecule has 0 saturated carbocycles. The Kier molecular flexibility index (Phi) is 4.68. The van der Waals surface area contributed by atoms with Crippen LogP contribution >= 0.6 is 11.6 Å². The lowest BCUT2D eigenvalue weighted by Gasteiger charge is -2.20. The SMILES string of the molecule is Cc1ccc(Cc2nc3nc4c(c(Nc5cccc(Cl)c5)n3n2)CCCC4)cc1. The molecule has 0 unspecified atom stereocenters. The van der Waals surface area contributed by atoms with Gasteiger partial charge in [-0.25, -0.2) is 4.98 Å². The average molecular weight is 404 g/mol. The van der Waals surface area contributed by atoms with Crippen molar-refractivity contribution in [3.63, 3.8) is 0 Å². The molecule has 5 nitrogen and oxygen atoms in total. The summed E-state index contributed by atoms with van der Waals surface area (Å²) in [4.78, 5) is 9.57. The van der Waals surface area contributed by atoms with E-state index in [2.05, 4.69) is 36.5 Å². The van der Waals surface area contributed by atoms with E-state index in [9.17, 15) is 0 Å². The van der Waals surface area contributed by atoms with Crippen molar-refractivity contribution in [1.82, 2.24) is 19.6 Å². The standard InChI is InChI=1S/C23H22ClN5/c1-15-9-11-16(12-10-15)13-21-27-23-26-20-8-3-2-7-19(20)22(29(23)28-21)25-18-6-4-5-17(24)14-18/h4-6,9-12,14,25H,2-3,7-8,13H2,1H3. The van der Waals surface area contributed by atoms with Crippen LogP contribution in [0.4, 0.5) is 11.5 Å². The van der Waals surface area contributed by atoms with Gasteiger partial charge in [0.05, 0.1) is 5.69 Å². The maximum Gasteiger partial charge on any atom is 0.254 e. The molecule has 5 rings (SSSR count). The lowest BCUT2D eigenvalue weighted by Crippen LogP contribution is -2.13. The number of aromatic nitrogens is 4. The Bertz CT molecular complexity index is 1180. The number of hydrogen-bond acceptors (Lipinski definition) is 4. The molecule has 1 N–H and O–H groups in total. The summed E-state index contributed by atoms with van der Waals surface area (Å²) in [6.45, 7) is 2.09. The average Bonchev–Trinajstić information content (AvgIpc) is 3.12. The van der Waals surface area contributed by atoms with Crippen molar-refractivity contribution in [2.45, 2.75) is 39.0 Å². The maximum absolute atomic E-state index is 6.19. The van der Waals surface area contributed by atoms with Gasteiger partial charge < -0.3 is 5.32 Å². The summed E-state index contributed by atoms with van der Waals surface area (Å²) in [5, 5.41) is 9.04. The van der Waals surface area contributed by atoms with Crippen molar-refractivity contribution in [2.75, 3.05) is 5.32 Å². The summed E-state index contributed by atoms with van der Waals surface area (Å²) in [5.74, 6) is 2.38. The minimum absolute atomic E-state index is 0.650. The first-order valence-electron chi connectivity index (χ1n) is 10.0. The van der Waals surface area contributed by atoms with E-state index in [1.807, 2.05) is 28.8 Å². The van der Waals surface area contributed by atoms with Gasteiger partial charge in [-0.05, 0) is 56.4 Å². The number of hydrogen-bond donors (Lipinski definition) is 1. The van der Waals surface area contributed by atoms with Crippen molar-refractivity contribution >= 4 is 28.9 Å². The topological polar surface area (TPSA) is 55.1 Å². The number of nitrogens with one attached hydrogen (secondary N) is 1. The molecule has 2 aromatic heterocycles. The number of halogens is 1. The molecule has 6 heteroatoms. The van der Waals surface area contributed by atoms with Gasteiger partial charge in [-0.15, -0.1) is 5.10 Å². The molecule has 2 heterocycles. The molecule has 0 aliphatic heterocycles. The number of rotatable bonds is 4. The van der Waals surface area contributed by atoms with Gasteiger partial charge in [0.2, 0.25) is 0 Å². The smallest absolute Gasteiger partial charge is 0.254 e. The van der Waals surface area contributed by atoms with Crippen LogP contribution in [0.3, 0.4) is 0 Å². The zero-order valence-corrected chi connectivity index (χ0v) is 17.1. The van der Waals surface area contributed by atoms with Crippen LogP contribution in [-0.2, 0) is 19.3 Å². The van der Waals surface area contributed by atoms with E-state index >= 15 is 0 Å². The third-order valence-electron chi connectivity index (χ3n) is 5.38. The molecule has 146 valence electrons. The Labute approximate surface area is 174 Å². The quantitative estimate of drug-likeness (QED) is 0.502. The zero-order valence-electron chi connectivity index (χ0n) is 16.3. The van der Waals surface area contributed by atoms with E-state index in [1.54, 1.807) is 0 Å². The molecule has 4 aromatic rings. The molecular weight excluding hydrogens is 382 g/mol. The van der Waals surface area contributed by atoms with Crippen LogP contribution in [0.2, 0.25) is 5.02 Å². The zero-order chi connectivity index (χ0) is 19.8. The molecule has 0 spiro atoms. The molecular formula is C23H22ClN5. The molecule has 29 heavy (non-hydrogen) atoms. The van der Waals surface area contributed by atoms with Crippen molar-refractivity contribution < 1.29 is 0 Å². The van der Waals surface area contributed by atoms with E-state index in [0.29, 0.717) is 17.2 Å². The van der Waals surface area contributed by atoms with Gasteiger partial charge in [-0.3, -0.25) is 0 Å². The van der Waals surface area contributed by atoms with Crippen LogP contribution < -0.4 is 5.32 Å². The Morgan fingerprint density at radius 2 is 1.86 bits per heavy atom.